The standard InChI is InChI=1S/C18H15N5O3/c1-11-15-9-14(25-2)6-7-16(15)26-17(11)18(24)20-12-4-3-5-13(8-12)23-10-19-21-22-23/h3-10H,1-2H3,(H,20,24). The maximum absolute atomic E-state index is 12.7. The molecule has 0 bridgehead atoms. The van der Waals surface area contributed by atoms with Gasteiger partial charge in [-0.2, -0.15) is 0 Å². The quantitative estimate of drug-likeness (QED) is 0.608. The van der Waals surface area contributed by atoms with Crippen LogP contribution >= 0.6 is 0 Å². The highest BCUT2D eigenvalue weighted by atomic mass is 16.5. The molecule has 4 aromatic rings. The summed E-state index contributed by atoms with van der Waals surface area (Å²) in [6.07, 6.45) is 1.48. The number of aromatic nitrogens is 4. The first kappa shape index (κ1) is 15.8. The zero-order valence-corrected chi connectivity index (χ0v) is 14.1. The first-order chi connectivity index (χ1) is 12.7. The summed E-state index contributed by atoms with van der Waals surface area (Å²) < 4.78 is 12.5. The van der Waals surface area contributed by atoms with Crippen LogP contribution in [-0.4, -0.2) is 33.2 Å². The summed E-state index contributed by atoms with van der Waals surface area (Å²) >= 11 is 0. The van der Waals surface area contributed by atoms with Gasteiger partial charge in [-0.1, -0.05) is 6.07 Å². The molecule has 0 saturated heterocycles. The number of aryl methyl sites for hydroxylation is 1. The van der Waals surface area contributed by atoms with Gasteiger partial charge in [-0.05, 0) is 53.7 Å². The average molecular weight is 349 g/mol. The molecule has 2 aromatic carbocycles. The molecule has 0 saturated carbocycles. The molecule has 0 fully saturated rings. The van der Waals surface area contributed by atoms with Gasteiger partial charge in [0, 0.05) is 16.6 Å². The van der Waals surface area contributed by atoms with Crippen molar-refractivity contribution in [1.82, 2.24) is 20.2 Å². The van der Waals surface area contributed by atoms with Crippen molar-refractivity contribution in [2.24, 2.45) is 0 Å². The minimum absolute atomic E-state index is 0.265. The smallest absolute Gasteiger partial charge is 0.291 e. The van der Waals surface area contributed by atoms with E-state index < -0.39 is 0 Å². The molecule has 0 aliphatic carbocycles. The van der Waals surface area contributed by atoms with Gasteiger partial charge in [-0.15, -0.1) is 5.10 Å². The third-order valence-corrected chi connectivity index (χ3v) is 4.07. The van der Waals surface area contributed by atoms with Crippen molar-refractivity contribution in [3.63, 3.8) is 0 Å². The lowest BCUT2D eigenvalue weighted by Crippen LogP contribution is -2.12. The number of methoxy groups -OCH3 is 1. The number of hydrogen-bond donors (Lipinski definition) is 1. The van der Waals surface area contributed by atoms with Crippen LogP contribution in [0.2, 0.25) is 0 Å². The number of benzene rings is 2. The lowest BCUT2D eigenvalue weighted by molar-refractivity contribution is 0.0998. The van der Waals surface area contributed by atoms with Crippen LogP contribution in [0.4, 0.5) is 5.69 Å². The van der Waals surface area contributed by atoms with Crippen LogP contribution in [0, 0.1) is 6.92 Å². The summed E-state index contributed by atoms with van der Waals surface area (Å²) in [6.45, 7) is 1.84. The average Bonchev–Trinajstić information content (AvgIpc) is 3.30. The second-order valence-corrected chi connectivity index (χ2v) is 5.68. The van der Waals surface area contributed by atoms with Crippen LogP contribution in [0.5, 0.6) is 5.75 Å². The molecule has 2 heterocycles. The van der Waals surface area contributed by atoms with Crippen molar-refractivity contribution in [2.75, 3.05) is 12.4 Å². The Morgan fingerprint density at radius 2 is 2.12 bits per heavy atom. The van der Waals surface area contributed by atoms with E-state index in [1.807, 2.05) is 25.1 Å². The molecular weight excluding hydrogens is 334 g/mol. The number of carbonyl (C=O) groups excluding carboxylic acids is 1. The van der Waals surface area contributed by atoms with Crippen LogP contribution in [-0.2, 0) is 0 Å². The maximum atomic E-state index is 12.7. The van der Waals surface area contributed by atoms with Crippen molar-refractivity contribution in [2.45, 2.75) is 6.92 Å². The molecule has 1 N–H and O–H groups in total. The fraction of sp³-hybridized carbons (Fsp3) is 0.111. The zero-order chi connectivity index (χ0) is 18.1. The van der Waals surface area contributed by atoms with Crippen molar-refractivity contribution in [3.8, 4) is 11.4 Å². The molecule has 0 radical (unpaired) electrons. The van der Waals surface area contributed by atoms with E-state index in [-0.39, 0.29) is 11.7 Å². The molecule has 0 aliphatic heterocycles. The van der Waals surface area contributed by atoms with Crippen molar-refractivity contribution in [1.29, 1.82) is 0 Å². The van der Waals surface area contributed by atoms with Gasteiger partial charge in [0.1, 0.15) is 17.7 Å². The Morgan fingerprint density at radius 3 is 2.88 bits per heavy atom. The summed E-state index contributed by atoms with van der Waals surface area (Å²) in [4.78, 5) is 12.7. The lowest BCUT2D eigenvalue weighted by Gasteiger charge is -2.06. The molecule has 0 aliphatic rings. The Hall–Kier alpha value is -3.68. The van der Waals surface area contributed by atoms with Gasteiger partial charge in [0.2, 0.25) is 0 Å². The number of carbonyl (C=O) groups is 1. The van der Waals surface area contributed by atoms with Crippen LogP contribution in [0.25, 0.3) is 16.7 Å². The molecular formula is C18H15N5O3. The first-order valence-electron chi connectivity index (χ1n) is 7.87. The van der Waals surface area contributed by atoms with Gasteiger partial charge in [-0.25, -0.2) is 4.68 Å². The topological polar surface area (TPSA) is 95.1 Å². The Kier molecular flexibility index (Phi) is 3.85. The Bertz CT molecular complexity index is 1090. The van der Waals surface area contributed by atoms with Crippen LogP contribution < -0.4 is 10.1 Å². The van der Waals surface area contributed by atoms with E-state index in [9.17, 15) is 4.79 Å². The molecule has 130 valence electrons. The number of fused-ring (bicyclic) bond motifs is 1. The number of amides is 1. The van der Waals surface area contributed by atoms with E-state index in [0.717, 1.165) is 16.6 Å². The maximum Gasteiger partial charge on any atom is 0.291 e. The van der Waals surface area contributed by atoms with E-state index in [4.69, 9.17) is 9.15 Å². The molecule has 2 aromatic heterocycles. The van der Waals surface area contributed by atoms with Gasteiger partial charge >= 0.3 is 0 Å². The molecule has 8 nitrogen and oxygen atoms in total. The summed E-state index contributed by atoms with van der Waals surface area (Å²) in [7, 11) is 1.60. The van der Waals surface area contributed by atoms with Gasteiger partial charge in [0.15, 0.2) is 5.76 Å². The highest BCUT2D eigenvalue weighted by Crippen LogP contribution is 2.29. The summed E-state index contributed by atoms with van der Waals surface area (Å²) in [5, 5.41) is 14.7. The predicted octanol–water partition coefficient (Wildman–Crippen LogP) is 2.98. The second kappa shape index (κ2) is 6.32. The molecule has 1 amide bonds. The number of ether oxygens (including phenoxy) is 1. The zero-order valence-electron chi connectivity index (χ0n) is 14.1. The Morgan fingerprint density at radius 1 is 1.23 bits per heavy atom. The number of anilines is 1. The fourth-order valence-corrected chi connectivity index (χ4v) is 2.74. The largest absolute Gasteiger partial charge is 0.497 e. The fourth-order valence-electron chi connectivity index (χ4n) is 2.74. The molecule has 4 rings (SSSR count). The lowest BCUT2D eigenvalue weighted by atomic mass is 10.1. The highest BCUT2D eigenvalue weighted by Gasteiger charge is 2.18. The van der Waals surface area contributed by atoms with Gasteiger partial charge < -0.3 is 14.5 Å². The van der Waals surface area contributed by atoms with E-state index in [2.05, 4.69) is 20.8 Å². The number of nitrogens with one attached hydrogen (secondary N) is 1. The number of nitrogens with zero attached hydrogens (tertiary/aromatic N) is 4. The Balaban J connectivity index is 1.64. The first-order valence-corrected chi connectivity index (χ1v) is 7.87. The molecule has 0 spiro atoms. The number of hydrogen-bond acceptors (Lipinski definition) is 6. The van der Waals surface area contributed by atoms with Crippen LogP contribution in [0.3, 0.4) is 0 Å². The number of rotatable bonds is 4. The SMILES string of the molecule is COc1ccc2oc(C(=O)Nc3cccc(-n4cnnn4)c3)c(C)c2c1. The predicted molar refractivity (Wildman–Crippen MR) is 94.6 cm³/mol. The van der Waals surface area contributed by atoms with Gasteiger partial charge in [0.25, 0.3) is 5.91 Å². The van der Waals surface area contributed by atoms with Crippen LogP contribution in [0.15, 0.2) is 53.2 Å². The molecule has 0 atom stereocenters. The summed E-state index contributed by atoms with van der Waals surface area (Å²) in [5.41, 5.74) is 2.74. The molecule has 0 unspecified atom stereocenters. The monoisotopic (exact) mass is 349 g/mol. The third kappa shape index (κ3) is 2.77. The second-order valence-electron chi connectivity index (χ2n) is 5.68. The molecule has 8 heteroatoms. The van der Waals surface area contributed by atoms with E-state index in [0.29, 0.717) is 17.0 Å². The van der Waals surface area contributed by atoms with E-state index >= 15 is 0 Å². The Labute approximate surface area is 148 Å². The summed E-state index contributed by atoms with van der Waals surface area (Å²) in [5.74, 6) is 0.648. The van der Waals surface area contributed by atoms with Crippen molar-refractivity contribution in [3.05, 3.63) is 60.1 Å². The van der Waals surface area contributed by atoms with E-state index in [1.54, 1.807) is 31.4 Å². The number of furan rings is 1. The highest BCUT2D eigenvalue weighted by molar-refractivity contribution is 6.06. The van der Waals surface area contributed by atoms with Crippen molar-refractivity contribution < 1.29 is 13.9 Å². The summed E-state index contributed by atoms with van der Waals surface area (Å²) in [6, 6.07) is 12.6. The van der Waals surface area contributed by atoms with Crippen LogP contribution in [0.1, 0.15) is 16.1 Å². The van der Waals surface area contributed by atoms with E-state index in [1.165, 1.54) is 11.0 Å². The number of tetrazole rings is 1. The van der Waals surface area contributed by atoms with Crippen molar-refractivity contribution >= 4 is 22.6 Å². The molecule has 26 heavy (non-hydrogen) atoms. The van der Waals surface area contributed by atoms with Gasteiger partial charge in [-0.3, -0.25) is 4.79 Å². The third-order valence-electron chi connectivity index (χ3n) is 4.07. The minimum atomic E-state index is -0.327. The normalized spacial score (nSPS) is 10.8. The minimum Gasteiger partial charge on any atom is -0.497 e. The van der Waals surface area contributed by atoms with Gasteiger partial charge in [0.05, 0.1) is 12.8 Å².